The Morgan fingerprint density at radius 1 is 0.964 bits per heavy atom. The first kappa shape index (κ1) is 19.9. The molecular weight excluding hydrogens is 347 g/mol. The minimum atomic E-state index is -0.708. The van der Waals surface area contributed by atoms with Crippen molar-refractivity contribution in [1.82, 2.24) is 0 Å². The van der Waals surface area contributed by atoms with Crippen LogP contribution in [0.5, 0.6) is 5.75 Å². The number of hydrogen-bond donors (Lipinski definition) is 0. The summed E-state index contributed by atoms with van der Waals surface area (Å²) in [6.45, 7) is 5.81. The van der Waals surface area contributed by atoms with Crippen LogP contribution >= 0.6 is 0 Å². The maximum absolute atomic E-state index is 12.8. The van der Waals surface area contributed by atoms with Crippen molar-refractivity contribution in [3.8, 4) is 16.9 Å². The molecule has 0 bridgehead atoms. The lowest BCUT2D eigenvalue weighted by molar-refractivity contribution is 0.335. The van der Waals surface area contributed by atoms with E-state index in [2.05, 4.69) is 73.3 Å². The maximum Gasteiger partial charge on any atom is 0.120 e. The lowest BCUT2D eigenvalue weighted by Crippen LogP contribution is -1.92. The predicted octanol–water partition coefficient (Wildman–Crippen LogP) is 7.61. The minimum Gasteiger partial charge on any atom is -0.490 e. The fraction of sp³-hybridized carbons (Fsp3) is 0.231. The van der Waals surface area contributed by atoms with Gasteiger partial charge in [-0.25, -0.2) is 4.39 Å². The van der Waals surface area contributed by atoms with Gasteiger partial charge in [0.15, 0.2) is 0 Å². The first-order valence-electron chi connectivity index (χ1n) is 9.84. The summed E-state index contributed by atoms with van der Waals surface area (Å²) in [7, 11) is 0. The van der Waals surface area contributed by atoms with E-state index >= 15 is 0 Å². The van der Waals surface area contributed by atoms with Gasteiger partial charge >= 0.3 is 0 Å². The van der Waals surface area contributed by atoms with Crippen molar-refractivity contribution < 1.29 is 9.13 Å². The van der Waals surface area contributed by atoms with Gasteiger partial charge in [-0.2, -0.15) is 0 Å². The van der Waals surface area contributed by atoms with E-state index in [9.17, 15) is 4.39 Å². The molecule has 144 valence electrons. The van der Waals surface area contributed by atoms with Gasteiger partial charge in [-0.05, 0) is 71.8 Å². The Balaban J connectivity index is 1.68. The average molecular weight is 374 g/mol. The molecule has 3 rings (SSSR count). The summed E-state index contributed by atoms with van der Waals surface area (Å²) in [6, 6.07) is 21.2. The van der Waals surface area contributed by atoms with Crippen molar-refractivity contribution in [2.24, 2.45) is 0 Å². The molecule has 2 heteroatoms. The SMILES string of the molecule is C=CCOc1ccc2cc(-c3ccc(C=CCCCC(C)F)cc3)ccc2c1. The van der Waals surface area contributed by atoms with Crippen LogP contribution in [0.25, 0.3) is 28.0 Å². The van der Waals surface area contributed by atoms with Crippen LogP contribution in [0.4, 0.5) is 4.39 Å². The fourth-order valence-corrected chi connectivity index (χ4v) is 3.17. The second-order valence-corrected chi connectivity index (χ2v) is 7.06. The molecule has 3 aromatic carbocycles. The van der Waals surface area contributed by atoms with Gasteiger partial charge in [0.25, 0.3) is 0 Å². The number of halogens is 1. The smallest absolute Gasteiger partial charge is 0.120 e. The highest BCUT2D eigenvalue weighted by atomic mass is 19.1. The first-order valence-corrected chi connectivity index (χ1v) is 9.84. The van der Waals surface area contributed by atoms with Crippen LogP contribution in [0.3, 0.4) is 0 Å². The zero-order valence-corrected chi connectivity index (χ0v) is 16.4. The summed E-state index contributed by atoms with van der Waals surface area (Å²) >= 11 is 0. The van der Waals surface area contributed by atoms with E-state index in [-0.39, 0.29) is 0 Å². The fourth-order valence-electron chi connectivity index (χ4n) is 3.17. The zero-order chi connectivity index (χ0) is 19.8. The molecule has 0 aliphatic carbocycles. The van der Waals surface area contributed by atoms with E-state index in [1.165, 1.54) is 22.1 Å². The molecule has 1 nitrogen and oxygen atoms in total. The van der Waals surface area contributed by atoms with Crippen molar-refractivity contribution in [2.75, 3.05) is 6.61 Å². The molecule has 0 aliphatic rings. The van der Waals surface area contributed by atoms with Crippen LogP contribution < -0.4 is 4.74 Å². The first-order chi connectivity index (χ1) is 13.7. The molecule has 3 aromatic rings. The van der Waals surface area contributed by atoms with E-state index < -0.39 is 6.17 Å². The van der Waals surface area contributed by atoms with Crippen LogP contribution in [0.15, 0.2) is 79.4 Å². The van der Waals surface area contributed by atoms with Gasteiger partial charge in [0.05, 0.1) is 6.17 Å². The molecule has 28 heavy (non-hydrogen) atoms. The summed E-state index contributed by atoms with van der Waals surface area (Å²) < 4.78 is 18.4. The van der Waals surface area contributed by atoms with Crippen LogP contribution in [-0.2, 0) is 0 Å². The Kier molecular flexibility index (Phi) is 7.02. The van der Waals surface area contributed by atoms with E-state index in [0.29, 0.717) is 13.0 Å². The largest absolute Gasteiger partial charge is 0.490 e. The minimum absolute atomic E-state index is 0.513. The highest BCUT2D eigenvalue weighted by Gasteiger charge is 2.02. The maximum atomic E-state index is 12.8. The molecule has 1 unspecified atom stereocenters. The molecule has 0 spiro atoms. The Hall–Kier alpha value is -2.87. The number of unbranched alkanes of at least 4 members (excludes halogenated alkanes) is 1. The molecule has 1 atom stereocenters. The topological polar surface area (TPSA) is 9.23 Å². The van der Waals surface area contributed by atoms with Gasteiger partial charge in [-0.15, -0.1) is 0 Å². The standard InChI is InChI=1S/C26H27FO/c1-3-17-28-26-16-15-24-18-23(13-14-25(24)19-26)22-11-9-21(10-12-22)8-6-4-5-7-20(2)27/h3,6,8-16,18-20H,1,4-5,7,17H2,2H3. The highest BCUT2D eigenvalue weighted by Crippen LogP contribution is 2.27. The lowest BCUT2D eigenvalue weighted by atomic mass is 10.00. The third-order valence-electron chi connectivity index (χ3n) is 4.71. The second kappa shape index (κ2) is 9.89. The van der Waals surface area contributed by atoms with Crippen molar-refractivity contribution in [3.05, 3.63) is 85.0 Å². The molecule has 0 amide bonds. The number of benzene rings is 3. The number of fused-ring (bicyclic) bond motifs is 1. The zero-order valence-electron chi connectivity index (χ0n) is 16.4. The van der Waals surface area contributed by atoms with Crippen LogP contribution in [-0.4, -0.2) is 12.8 Å². The van der Waals surface area contributed by atoms with Crippen LogP contribution in [0.2, 0.25) is 0 Å². The summed E-state index contributed by atoms with van der Waals surface area (Å²) in [5.74, 6) is 0.859. The van der Waals surface area contributed by atoms with E-state index in [0.717, 1.165) is 24.0 Å². The van der Waals surface area contributed by atoms with Crippen LogP contribution in [0, 0.1) is 0 Å². The molecule has 0 saturated heterocycles. The molecular formula is C26H27FO. The van der Waals surface area contributed by atoms with Crippen molar-refractivity contribution in [2.45, 2.75) is 32.4 Å². The van der Waals surface area contributed by atoms with Gasteiger partial charge in [-0.1, -0.05) is 67.3 Å². The Labute approximate surface area is 167 Å². The molecule has 0 aliphatic heterocycles. The monoisotopic (exact) mass is 374 g/mol. The third-order valence-corrected chi connectivity index (χ3v) is 4.71. The number of allylic oxidation sites excluding steroid dienone is 1. The Morgan fingerprint density at radius 3 is 2.43 bits per heavy atom. The molecule has 0 radical (unpaired) electrons. The third kappa shape index (κ3) is 5.56. The van der Waals surface area contributed by atoms with Crippen molar-refractivity contribution >= 4 is 16.8 Å². The molecule has 0 fully saturated rings. The number of alkyl halides is 1. The number of rotatable bonds is 9. The molecule has 0 N–H and O–H groups in total. The van der Waals surface area contributed by atoms with Gasteiger partial charge in [0.1, 0.15) is 12.4 Å². The predicted molar refractivity (Wildman–Crippen MR) is 119 cm³/mol. The lowest BCUT2D eigenvalue weighted by Gasteiger charge is -2.07. The number of ether oxygens (including phenoxy) is 1. The van der Waals surface area contributed by atoms with Crippen molar-refractivity contribution in [1.29, 1.82) is 0 Å². The van der Waals surface area contributed by atoms with Gasteiger partial charge in [0, 0.05) is 0 Å². The van der Waals surface area contributed by atoms with Gasteiger partial charge in [0.2, 0.25) is 0 Å². The van der Waals surface area contributed by atoms with Crippen molar-refractivity contribution in [3.63, 3.8) is 0 Å². The van der Waals surface area contributed by atoms with Gasteiger partial charge < -0.3 is 4.74 Å². The normalized spacial score (nSPS) is 12.4. The number of hydrogen-bond acceptors (Lipinski definition) is 1. The highest BCUT2D eigenvalue weighted by molar-refractivity contribution is 5.88. The molecule has 0 heterocycles. The quantitative estimate of drug-likeness (QED) is 0.276. The van der Waals surface area contributed by atoms with E-state index in [1.807, 2.05) is 6.07 Å². The molecule has 0 aromatic heterocycles. The summed E-state index contributed by atoms with van der Waals surface area (Å²) in [5.41, 5.74) is 3.55. The summed E-state index contributed by atoms with van der Waals surface area (Å²) in [6.07, 6.45) is 7.71. The van der Waals surface area contributed by atoms with E-state index in [4.69, 9.17) is 4.74 Å². The second-order valence-electron chi connectivity index (χ2n) is 7.06. The Bertz CT molecular complexity index is 938. The van der Waals surface area contributed by atoms with Crippen LogP contribution in [0.1, 0.15) is 31.7 Å². The molecule has 0 saturated carbocycles. The summed E-state index contributed by atoms with van der Waals surface area (Å²) in [4.78, 5) is 0. The average Bonchev–Trinajstić information content (AvgIpc) is 2.71. The Morgan fingerprint density at radius 2 is 1.68 bits per heavy atom. The van der Waals surface area contributed by atoms with E-state index in [1.54, 1.807) is 13.0 Å². The summed E-state index contributed by atoms with van der Waals surface area (Å²) in [5, 5.41) is 2.35. The van der Waals surface area contributed by atoms with Gasteiger partial charge in [-0.3, -0.25) is 0 Å².